The number of guanidine groups is 1. The minimum atomic E-state index is 0.396. The molecule has 0 amide bonds. The minimum absolute atomic E-state index is 0.396. The average molecular weight is 343 g/mol. The Kier molecular flexibility index (Phi) is 5.19. The van der Waals surface area contributed by atoms with Gasteiger partial charge in [-0.15, -0.1) is 11.3 Å². The van der Waals surface area contributed by atoms with Crippen molar-refractivity contribution in [1.82, 2.24) is 15.6 Å². The Hall–Kier alpha value is -1.88. The van der Waals surface area contributed by atoms with Gasteiger partial charge >= 0.3 is 0 Å². The van der Waals surface area contributed by atoms with E-state index in [0.717, 1.165) is 36.2 Å². The van der Waals surface area contributed by atoms with E-state index in [1.54, 1.807) is 11.3 Å². The number of hydrogen-bond donors (Lipinski definition) is 2. The lowest BCUT2D eigenvalue weighted by Gasteiger charge is -2.18. The molecule has 1 aromatic heterocycles. The van der Waals surface area contributed by atoms with Crippen molar-refractivity contribution in [2.45, 2.75) is 39.7 Å². The topological polar surface area (TPSA) is 49.3 Å². The van der Waals surface area contributed by atoms with E-state index in [4.69, 9.17) is 0 Å². The van der Waals surface area contributed by atoms with Crippen molar-refractivity contribution in [1.29, 1.82) is 0 Å². The van der Waals surface area contributed by atoms with Crippen LogP contribution < -0.4 is 10.6 Å². The van der Waals surface area contributed by atoms with E-state index < -0.39 is 0 Å². The van der Waals surface area contributed by atoms with Gasteiger partial charge in [0.25, 0.3) is 0 Å². The molecule has 0 aliphatic heterocycles. The molecule has 0 atom stereocenters. The first-order valence-electron chi connectivity index (χ1n) is 8.52. The van der Waals surface area contributed by atoms with Gasteiger partial charge in [0.15, 0.2) is 5.96 Å². The highest BCUT2D eigenvalue weighted by atomic mass is 32.1. The summed E-state index contributed by atoms with van der Waals surface area (Å²) < 4.78 is 0. The maximum Gasteiger partial charge on any atom is 0.191 e. The van der Waals surface area contributed by atoms with Crippen LogP contribution in [-0.2, 0) is 13.0 Å². The van der Waals surface area contributed by atoms with Crippen LogP contribution in [0.2, 0.25) is 0 Å². The fraction of sp³-hybridized carbons (Fsp3) is 0.474. The lowest BCUT2D eigenvalue weighted by atomic mass is 9.96. The summed E-state index contributed by atoms with van der Waals surface area (Å²) in [6.07, 6.45) is 3.72. The summed E-state index contributed by atoms with van der Waals surface area (Å²) >= 11 is 1.75. The van der Waals surface area contributed by atoms with Gasteiger partial charge in [-0.25, -0.2) is 4.98 Å². The molecule has 2 aromatic rings. The first kappa shape index (κ1) is 17.0. The second-order valence-corrected chi connectivity index (χ2v) is 7.98. The highest BCUT2D eigenvalue weighted by Crippen LogP contribution is 2.47. The largest absolute Gasteiger partial charge is 0.356 e. The Bertz CT molecular complexity index is 682. The fourth-order valence-electron chi connectivity index (χ4n) is 2.89. The average Bonchev–Trinajstić information content (AvgIpc) is 3.27. The molecule has 0 unspecified atom stereocenters. The van der Waals surface area contributed by atoms with Crippen LogP contribution in [0.3, 0.4) is 0 Å². The van der Waals surface area contributed by atoms with Crippen LogP contribution >= 0.6 is 11.3 Å². The first-order chi connectivity index (χ1) is 11.6. The minimum Gasteiger partial charge on any atom is -0.356 e. The molecule has 0 saturated heterocycles. The third-order valence-corrected chi connectivity index (χ3v) is 5.79. The van der Waals surface area contributed by atoms with Gasteiger partial charge in [-0.1, -0.05) is 30.3 Å². The van der Waals surface area contributed by atoms with E-state index in [-0.39, 0.29) is 0 Å². The predicted octanol–water partition coefficient (Wildman–Crippen LogP) is 3.45. The summed E-state index contributed by atoms with van der Waals surface area (Å²) in [4.78, 5) is 10.2. The molecule has 1 saturated carbocycles. The number of benzene rings is 1. The summed E-state index contributed by atoms with van der Waals surface area (Å²) in [5.74, 6) is 0.861. The van der Waals surface area contributed by atoms with Gasteiger partial charge in [0, 0.05) is 18.5 Å². The summed E-state index contributed by atoms with van der Waals surface area (Å²) in [7, 11) is 1.82. The van der Waals surface area contributed by atoms with Crippen LogP contribution in [0.25, 0.3) is 0 Å². The van der Waals surface area contributed by atoms with Crippen LogP contribution in [0, 0.1) is 19.3 Å². The summed E-state index contributed by atoms with van der Waals surface area (Å²) in [5, 5.41) is 7.99. The molecule has 1 aromatic carbocycles. The molecule has 1 heterocycles. The second kappa shape index (κ2) is 7.34. The van der Waals surface area contributed by atoms with E-state index >= 15 is 0 Å². The lowest BCUT2D eigenvalue weighted by Crippen LogP contribution is -2.40. The monoisotopic (exact) mass is 342 g/mol. The van der Waals surface area contributed by atoms with E-state index in [9.17, 15) is 0 Å². The quantitative estimate of drug-likeness (QED) is 0.624. The molecule has 128 valence electrons. The molecule has 1 aliphatic rings. The first-order valence-corrected chi connectivity index (χ1v) is 9.33. The molecule has 24 heavy (non-hydrogen) atoms. The number of aromatic nitrogens is 1. The smallest absolute Gasteiger partial charge is 0.191 e. The van der Waals surface area contributed by atoms with Gasteiger partial charge in [-0.05, 0) is 44.1 Å². The van der Waals surface area contributed by atoms with Crippen molar-refractivity contribution >= 4 is 17.3 Å². The predicted molar refractivity (Wildman–Crippen MR) is 102 cm³/mol. The second-order valence-electron chi connectivity index (χ2n) is 6.69. The van der Waals surface area contributed by atoms with Crippen LogP contribution in [0.5, 0.6) is 0 Å². The SMILES string of the molecule is CN=C(NCc1nc(C)c(C)s1)NCC1(Cc2ccccc2)CC1. The Morgan fingerprint density at radius 1 is 1.21 bits per heavy atom. The zero-order valence-electron chi connectivity index (χ0n) is 14.7. The number of nitrogens with one attached hydrogen (secondary N) is 2. The zero-order valence-corrected chi connectivity index (χ0v) is 15.5. The maximum atomic E-state index is 4.57. The third-order valence-electron chi connectivity index (χ3n) is 4.71. The highest BCUT2D eigenvalue weighted by Gasteiger charge is 2.42. The molecule has 0 bridgehead atoms. The summed E-state index contributed by atoms with van der Waals surface area (Å²) in [5.41, 5.74) is 2.95. The number of hydrogen-bond acceptors (Lipinski definition) is 3. The molecule has 1 aliphatic carbocycles. The van der Waals surface area contributed by atoms with Gasteiger partial charge in [-0.2, -0.15) is 0 Å². The fourth-order valence-corrected chi connectivity index (χ4v) is 3.76. The van der Waals surface area contributed by atoms with Crippen LogP contribution in [0.4, 0.5) is 0 Å². The Morgan fingerprint density at radius 3 is 2.54 bits per heavy atom. The van der Waals surface area contributed by atoms with Crippen molar-refractivity contribution < 1.29 is 0 Å². The molecule has 3 rings (SSSR count). The molecular weight excluding hydrogens is 316 g/mol. The standard InChI is InChI=1S/C19H26N4S/c1-14-15(2)24-17(23-14)12-21-18(20-3)22-13-19(9-10-19)11-16-7-5-4-6-8-16/h4-8H,9-13H2,1-3H3,(H2,20,21,22). The highest BCUT2D eigenvalue weighted by molar-refractivity contribution is 7.11. The van der Waals surface area contributed by atoms with Crippen molar-refractivity contribution in [2.75, 3.05) is 13.6 Å². The Morgan fingerprint density at radius 2 is 1.96 bits per heavy atom. The zero-order chi connectivity index (χ0) is 17.0. The maximum absolute atomic E-state index is 4.57. The van der Waals surface area contributed by atoms with Crippen molar-refractivity contribution in [3.8, 4) is 0 Å². The van der Waals surface area contributed by atoms with E-state index in [1.165, 1.54) is 23.3 Å². The van der Waals surface area contributed by atoms with Crippen LogP contribution in [-0.4, -0.2) is 24.5 Å². The van der Waals surface area contributed by atoms with Gasteiger partial charge in [0.05, 0.1) is 12.2 Å². The van der Waals surface area contributed by atoms with Crippen LogP contribution in [0.1, 0.15) is 34.0 Å². The van der Waals surface area contributed by atoms with E-state index in [2.05, 4.69) is 64.8 Å². The van der Waals surface area contributed by atoms with Crippen LogP contribution in [0.15, 0.2) is 35.3 Å². The van der Waals surface area contributed by atoms with Gasteiger partial charge in [0.2, 0.25) is 0 Å². The van der Waals surface area contributed by atoms with E-state index in [0.29, 0.717) is 5.41 Å². The normalized spacial score (nSPS) is 16.0. The molecule has 1 fully saturated rings. The number of thiazole rings is 1. The lowest BCUT2D eigenvalue weighted by molar-refractivity contribution is 0.492. The number of rotatable bonds is 6. The van der Waals surface area contributed by atoms with Gasteiger partial charge < -0.3 is 10.6 Å². The van der Waals surface area contributed by atoms with Gasteiger partial charge in [-0.3, -0.25) is 4.99 Å². The van der Waals surface area contributed by atoms with Crippen molar-refractivity contribution in [3.63, 3.8) is 0 Å². The summed E-state index contributed by atoms with van der Waals surface area (Å²) in [6, 6.07) is 10.8. The Balaban J connectivity index is 1.49. The molecule has 0 spiro atoms. The molecule has 0 radical (unpaired) electrons. The molecule has 4 nitrogen and oxygen atoms in total. The molecule has 5 heteroatoms. The summed E-state index contributed by atoms with van der Waals surface area (Å²) in [6.45, 7) is 5.87. The van der Waals surface area contributed by atoms with Crippen molar-refractivity contribution in [2.24, 2.45) is 10.4 Å². The van der Waals surface area contributed by atoms with Gasteiger partial charge in [0.1, 0.15) is 5.01 Å². The van der Waals surface area contributed by atoms with Crippen molar-refractivity contribution in [3.05, 3.63) is 51.5 Å². The third kappa shape index (κ3) is 4.35. The molecule has 2 N–H and O–H groups in total. The number of nitrogens with zero attached hydrogens (tertiary/aromatic N) is 2. The number of aliphatic imine (C=N–C) groups is 1. The van der Waals surface area contributed by atoms with E-state index in [1.807, 2.05) is 7.05 Å². The Labute approximate surface area is 148 Å². The number of aryl methyl sites for hydroxylation is 2. The molecular formula is C19H26N4S.